The van der Waals surface area contributed by atoms with Crippen LogP contribution in [0.2, 0.25) is 0 Å². The summed E-state index contributed by atoms with van der Waals surface area (Å²) in [7, 11) is 0. The molecular weight excluding hydrogens is 156 g/mol. The third-order valence-electron chi connectivity index (χ3n) is 1.59. The van der Waals surface area contributed by atoms with Crippen molar-refractivity contribution >= 4 is 17.9 Å². The maximum absolute atomic E-state index is 10.4. The van der Waals surface area contributed by atoms with E-state index in [0.717, 1.165) is 6.29 Å². The third kappa shape index (κ3) is 0.833. The fourth-order valence-electron chi connectivity index (χ4n) is 0.995. The number of pyridine rings is 1. The summed E-state index contributed by atoms with van der Waals surface area (Å²) in [5, 5.41) is 7.41. The fourth-order valence-corrected chi connectivity index (χ4v) is 0.995. The zero-order valence-corrected chi connectivity index (χ0v) is 6.14. The standard InChI is InChI=1S/C7H6N4O/c8-7-10-9-6-2-1-5(4-12)3-11(6)7/h1-4H,(H2,8,10). The van der Waals surface area contributed by atoms with E-state index in [1.54, 1.807) is 22.7 Å². The quantitative estimate of drug-likeness (QED) is 0.604. The van der Waals surface area contributed by atoms with E-state index in [-0.39, 0.29) is 5.95 Å². The van der Waals surface area contributed by atoms with Crippen molar-refractivity contribution in [3.63, 3.8) is 0 Å². The van der Waals surface area contributed by atoms with Gasteiger partial charge in [-0.1, -0.05) is 0 Å². The van der Waals surface area contributed by atoms with E-state index in [0.29, 0.717) is 11.2 Å². The van der Waals surface area contributed by atoms with Gasteiger partial charge in [0.15, 0.2) is 11.9 Å². The van der Waals surface area contributed by atoms with Gasteiger partial charge < -0.3 is 5.73 Å². The van der Waals surface area contributed by atoms with Gasteiger partial charge in [0.2, 0.25) is 5.95 Å². The number of hydrogen-bond acceptors (Lipinski definition) is 4. The molecular formula is C7H6N4O. The van der Waals surface area contributed by atoms with E-state index in [1.807, 2.05) is 0 Å². The lowest BCUT2D eigenvalue weighted by Crippen LogP contribution is -1.94. The van der Waals surface area contributed by atoms with Crippen molar-refractivity contribution < 1.29 is 4.79 Å². The van der Waals surface area contributed by atoms with Crippen LogP contribution >= 0.6 is 0 Å². The summed E-state index contributed by atoms with van der Waals surface area (Å²) in [6.07, 6.45) is 2.34. The van der Waals surface area contributed by atoms with Gasteiger partial charge >= 0.3 is 0 Å². The molecule has 0 bridgehead atoms. The van der Waals surface area contributed by atoms with Gasteiger partial charge in [0.05, 0.1) is 0 Å². The number of nitrogens with zero attached hydrogens (tertiary/aromatic N) is 3. The summed E-state index contributed by atoms with van der Waals surface area (Å²) in [5.41, 5.74) is 6.66. The minimum absolute atomic E-state index is 0.286. The number of anilines is 1. The first-order valence-electron chi connectivity index (χ1n) is 3.37. The lowest BCUT2D eigenvalue weighted by Gasteiger charge is -1.93. The van der Waals surface area contributed by atoms with Gasteiger partial charge in [0, 0.05) is 11.8 Å². The average molecular weight is 162 g/mol. The van der Waals surface area contributed by atoms with Gasteiger partial charge in [-0.15, -0.1) is 10.2 Å². The molecule has 2 aromatic rings. The summed E-state index contributed by atoms with van der Waals surface area (Å²) >= 11 is 0. The third-order valence-corrected chi connectivity index (χ3v) is 1.59. The summed E-state index contributed by atoms with van der Waals surface area (Å²) in [4.78, 5) is 10.4. The van der Waals surface area contributed by atoms with Gasteiger partial charge in [0.25, 0.3) is 0 Å². The maximum Gasteiger partial charge on any atom is 0.226 e. The smallest absolute Gasteiger partial charge is 0.226 e. The molecule has 0 aliphatic heterocycles. The van der Waals surface area contributed by atoms with E-state index < -0.39 is 0 Å². The summed E-state index contributed by atoms with van der Waals surface area (Å²) < 4.78 is 1.56. The molecule has 0 amide bonds. The van der Waals surface area contributed by atoms with Crippen molar-refractivity contribution in [2.45, 2.75) is 0 Å². The van der Waals surface area contributed by atoms with Crippen LogP contribution in [0.3, 0.4) is 0 Å². The number of hydrogen-bond donors (Lipinski definition) is 1. The first-order chi connectivity index (χ1) is 5.81. The zero-order chi connectivity index (χ0) is 8.55. The van der Waals surface area contributed by atoms with Crippen molar-refractivity contribution in [3.05, 3.63) is 23.9 Å². The molecule has 0 atom stereocenters. The molecule has 2 aromatic heterocycles. The Morgan fingerprint density at radius 2 is 2.25 bits per heavy atom. The molecule has 0 saturated heterocycles. The van der Waals surface area contributed by atoms with Crippen LogP contribution in [0.25, 0.3) is 5.65 Å². The highest BCUT2D eigenvalue weighted by molar-refractivity contribution is 5.75. The van der Waals surface area contributed by atoms with E-state index in [9.17, 15) is 4.79 Å². The second kappa shape index (κ2) is 2.30. The number of nitrogen functional groups attached to an aromatic ring is 1. The Morgan fingerprint density at radius 1 is 1.42 bits per heavy atom. The van der Waals surface area contributed by atoms with Gasteiger partial charge in [-0.05, 0) is 12.1 Å². The summed E-state index contributed by atoms with van der Waals surface area (Å²) in [6.45, 7) is 0. The van der Waals surface area contributed by atoms with Crippen LogP contribution in [0.1, 0.15) is 10.4 Å². The topological polar surface area (TPSA) is 73.3 Å². The summed E-state index contributed by atoms with van der Waals surface area (Å²) in [6, 6.07) is 3.35. The number of rotatable bonds is 1. The molecule has 2 heterocycles. The van der Waals surface area contributed by atoms with Crippen LogP contribution in [0.15, 0.2) is 18.3 Å². The van der Waals surface area contributed by atoms with Crippen LogP contribution in [0.5, 0.6) is 0 Å². The molecule has 12 heavy (non-hydrogen) atoms. The number of carbonyl (C=O) groups is 1. The Labute approximate surface area is 67.8 Å². The minimum Gasteiger partial charge on any atom is -0.368 e. The summed E-state index contributed by atoms with van der Waals surface area (Å²) in [5.74, 6) is 0.286. The van der Waals surface area contributed by atoms with Gasteiger partial charge in [-0.25, -0.2) is 0 Å². The number of fused-ring (bicyclic) bond motifs is 1. The molecule has 0 radical (unpaired) electrons. The molecule has 5 heteroatoms. The van der Waals surface area contributed by atoms with Crippen molar-refractivity contribution in [1.82, 2.24) is 14.6 Å². The highest BCUT2D eigenvalue weighted by Gasteiger charge is 2.00. The maximum atomic E-state index is 10.4. The van der Waals surface area contributed by atoms with Crippen molar-refractivity contribution in [2.75, 3.05) is 5.73 Å². The molecule has 2 N–H and O–H groups in total. The second-order valence-corrected chi connectivity index (χ2v) is 2.37. The average Bonchev–Trinajstić information content (AvgIpc) is 2.47. The predicted octanol–water partition coefficient (Wildman–Crippen LogP) is 0.124. The Morgan fingerprint density at radius 3 is 3.00 bits per heavy atom. The van der Waals surface area contributed by atoms with Crippen LogP contribution in [-0.4, -0.2) is 20.9 Å². The lowest BCUT2D eigenvalue weighted by molar-refractivity contribution is 0.112. The fraction of sp³-hybridized carbons (Fsp3) is 0. The normalized spacial score (nSPS) is 10.3. The predicted molar refractivity (Wildman–Crippen MR) is 42.8 cm³/mol. The monoisotopic (exact) mass is 162 g/mol. The Hall–Kier alpha value is -1.91. The van der Waals surface area contributed by atoms with E-state index in [4.69, 9.17) is 5.73 Å². The van der Waals surface area contributed by atoms with Crippen LogP contribution < -0.4 is 5.73 Å². The number of aromatic nitrogens is 3. The van der Waals surface area contributed by atoms with Crippen LogP contribution in [-0.2, 0) is 0 Å². The highest BCUT2D eigenvalue weighted by atomic mass is 16.1. The van der Waals surface area contributed by atoms with Gasteiger partial charge in [0.1, 0.15) is 0 Å². The molecule has 0 aliphatic carbocycles. The van der Waals surface area contributed by atoms with Crippen molar-refractivity contribution in [2.24, 2.45) is 0 Å². The molecule has 5 nitrogen and oxygen atoms in total. The molecule has 2 rings (SSSR count). The van der Waals surface area contributed by atoms with E-state index in [2.05, 4.69) is 10.2 Å². The molecule has 0 fully saturated rings. The molecule has 0 aromatic carbocycles. The number of nitrogens with two attached hydrogens (primary N) is 1. The van der Waals surface area contributed by atoms with Crippen molar-refractivity contribution in [1.29, 1.82) is 0 Å². The Kier molecular flexibility index (Phi) is 1.30. The Bertz CT molecular complexity index is 434. The minimum atomic E-state index is 0.286. The molecule has 0 spiro atoms. The first-order valence-corrected chi connectivity index (χ1v) is 3.37. The van der Waals surface area contributed by atoms with Gasteiger partial charge in [-0.3, -0.25) is 9.20 Å². The zero-order valence-electron chi connectivity index (χ0n) is 6.14. The second-order valence-electron chi connectivity index (χ2n) is 2.37. The first kappa shape index (κ1) is 6.78. The largest absolute Gasteiger partial charge is 0.368 e. The Balaban J connectivity index is 2.79. The van der Waals surface area contributed by atoms with E-state index in [1.165, 1.54) is 0 Å². The van der Waals surface area contributed by atoms with Crippen LogP contribution in [0.4, 0.5) is 5.95 Å². The van der Waals surface area contributed by atoms with E-state index >= 15 is 0 Å². The number of aldehydes is 1. The van der Waals surface area contributed by atoms with Crippen molar-refractivity contribution in [3.8, 4) is 0 Å². The molecule has 60 valence electrons. The SMILES string of the molecule is Nc1nnc2ccc(C=O)cn12. The number of carbonyl (C=O) groups excluding carboxylic acids is 1. The van der Waals surface area contributed by atoms with Gasteiger partial charge in [-0.2, -0.15) is 0 Å². The molecule has 0 aliphatic rings. The van der Waals surface area contributed by atoms with Crippen LogP contribution in [0, 0.1) is 0 Å². The molecule has 0 unspecified atom stereocenters. The highest BCUT2D eigenvalue weighted by Crippen LogP contribution is 2.05. The lowest BCUT2D eigenvalue weighted by atomic mass is 10.3. The molecule has 0 saturated carbocycles.